The van der Waals surface area contributed by atoms with E-state index in [0.717, 1.165) is 24.6 Å². The van der Waals surface area contributed by atoms with Gasteiger partial charge in [-0.05, 0) is 18.8 Å². The summed E-state index contributed by atoms with van der Waals surface area (Å²) >= 11 is 0.972. The van der Waals surface area contributed by atoms with Crippen LogP contribution in [-0.4, -0.2) is 28.6 Å². The molecule has 1 rings (SSSR count). The third kappa shape index (κ3) is 3.20. The summed E-state index contributed by atoms with van der Waals surface area (Å²) < 4.78 is 0. The number of aliphatic imine (C=N–C) groups is 1. The molecule has 1 aliphatic rings. The molecule has 6 nitrogen and oxygen atoms in total. The van der Waals surface area contributed by atoms with Crippen LogP contribution < -0.4 is 11.1 Å². The van der Waals surface area contributed by atoms with Crippen molar-refractivity contribution in [2.75, 3.05) is 5.75 Å². The molecule has 7 heteroatoms. The summed E-state index contributed by atoms with van der Waals surface area (Å²) in [6.45, 7) is 5.74. The molecule has 2 unspecified atom stereocenters. The summed E-state index contributed by atoms with van der Waals surface area (Å²) in [5, 5.41) is 2.79. The van der Waals surface area contributed by atoms with E-state index in [2.05, 4.69) is 10.3 Å². The number of primary amides is 1. The summed E-state index contributed by atoms with van der Waals surface area (Å²) in [5.74, 6) is -1.36. The first kappa shape index (κ1) is 16.7. The van der Waals surface area contributed by atoms with Crippen LogP contribution in [0.3, 0.4) is 0 Å². The monoisotopic (exact) mass is 299 g/mol. The van der Waals surface area contributed by atoms with Crippen LogP contribution in [0, 0.1) is 11.3 Å². The van der Waals surface area contributed by atoms with Gasteiger partial charge in [0.05, 0.1) is 5.75 Å². The van der Waals surface area contributed by atoms with Gasteiger partial charge in [-0.1, -0.05) is 39.0 Å². The predicted molar refractivity (Wildman–Crippen MR) is 79.0 cm³/mol. The molecule has 20 heavy (non-hydrogen) atoms. The van der Waals surface area contributed by atoms with E-state index < -0.39 is 17.2 Å². The lowest BCUT2D eigenvalue weighted by atomic mass is 9.70. The molecule has 0 spiro atoms. The number of nitrogens with one attached hydrogen (secondary N) is 1. The lowest BCUT2D eigenvalue weighted by molar-refractivity contribution is -0.145. The van der Waals surface area contributed by atoms with Crippen molar-refractivity contribution >= 4 is 34.7 Å². The Hall–Kier alpha value is -1.37. The number of thioether (sulfide) groups is 1. The number of nitrogens with zero attached hydrogens (tertiary/aromatic N) is 1. The molecule has 0 radical (unpaired) electrons. The van der Waals surface area contributed by atoms with Gasteiger partial charge in [0, 0.05) is 0 Å². The van der Waals surface area contributed by atoms with Gasteiger partial charge >= 0.3 is 0 Å². The zero-order valence-electron chi connectivity index (χ0n) is 12.1. The largest absolute Gasteiger partial charge is 0.369 e. The van der Waals surface area contributed by atoms with Crippen LogP contribution in [0.25, 0.3) is 0 Å². The van der Waals surface area contributed by atoms with Crippen LogP contribution in [0.4, 0.5) is 0 Å². The normalized spacial score (nSPS) is 24.1. The smallest absolute Gasteiger partial charge is 0.264 e. The van der Waals surface area contributed by atoms with Crippen LogP contribution in [-0.2, 0) is 14.4 Å². The van der Waals surface area contributed by atoms with Crippen LogP contribution in [0.2, 0.25) is 0 Å². The van der Waals surface area contributed by atoms with Crippen molar-refractivity contribution in [3.8, 4) is 0 Å². The predicted octanol–water partition coefficient (Wildman–Crippen LogP) is 1.05. The Morgan fingerprint density at radius 1 is 1.45 bits per heavy atom. The van der Waals surface area contributed by atoms with Gasteiger partial charge in [0.15, 0.2) is 5.17 Å². The Balaban J connectivity index is 2.98. The second-order valence-corrected chi connectivity index (χ2v) is 5.91. The first-order chi connectivity index (χ1) is 9.38. The van der Waals surface area contributed by atoms with Crippen LogP contribution >= 0.6 is 11.8 Å². The van der Waals surface area contributed by atoms with Crippen molar-refractivity contribution in [1.82, 2.24) is 5.32 Å². The summed E-state index contributed by atoms with van der Waals surface area (Å²) in [5.41, 5.74) is 3.94. The summed E-state index contributed by atoms with van der Waals surface area (Å²) in [4.78, 5) is 39.4. The number of amidine groups is 1. The van der Waals surface area contributed by atoms with Crippen molar-refractivity contribution < 1.29 is 14.4 Å². The molecule has 1 aliphatic heterocycles. The highest BCUT2D eigenvalue weighted by Crippen LogP contribution is 2.38. The maximum atomic E-state index is 12.4. The van der Waals surface area contributed by atoms with Gasteiger partial charge in [-0.25, -0.2) is 0 Å². The number of nitrogens with two attached hydrogens (primary N) is 1. The van der Waals surface area contributed by atoms with Crippen molar-refractivity contribution in [1.29, 1.82) is 0 Å². The Kier molecular flexibility index (Phi) is 5.74. The van der Waals surface area contributed by atoms with Gasteiger partial charge in [-0.2, -0.15) is 4.99 Å². The maximum Gasteiger partial charge on any atom is 0.264 e. The van der Waals surface area contributed by atoms with E-state index in [0.29, 0.717) is 6.42 Å². The molecule has 3 N–H and O–H groups in total. The van der Waals surface area contributed by atoms with Gasteiger partial charge in [0.2, 0.25) is 11.8 Å². The number of carbonyl (C=O) groups is 3. The fourth-order valence-electron chi connectivity index (χ4n) is 2.51. The maximum absolute atomic E-state index is 12.4. The molecule has 3 amide bonds. The van der Waals surface area contributed by atoms with Crippen molar-refractivity contribution in [3.05, 3.63) is 0 Å². The van der Waals surface area contributed by atoms with Gasteiger partial charge in [-0.3, -0.25) is 14.4 Å². The molecule has 112 valence electrons. The molecular formula is C13H21N3O3S. The SMILES string of the molecule is CCCC(C)C1(CC)C(=O)N=C(SCC(N)=O)NC1=O. The van der Waals surface area contributed by atoms with E-state index in [1.807, 2.05) is 20.8 Å². The average molecular weight is 299 g/mol. The minimum absolute atomic E-state index is 0.0178. The van der Waals surface area contributed by atoms with E-state index in [9.17, 15) is 14.4 Å². The summed E-state index contributed by atoms with van der Waals surface area (Å²) in [6.07, 6.45) is 2.10. The second-order valence-electron chi connectivity index (χ2n) is 4.95. The minimum atomic E-state index is -1.09. The Bertz CT molecular complexity index is 450. The van der Waals surface area contributed by atoms with E-state index in [1.54, 1.807) is 0 Å². The van der Waals surface area contributed by atoms with E-state index >= 15 is 0 Å². The van der Waals surface area contributed by atoms with Crippen molar-refractivity contribution in [2.24, 2.45) is 22.1 Å². The molecule has 1 heterocycles. The first-order valence-electron chi connectivity index (χ1n) is 6.74. The Morgan fingerprint density at radius 2 is 2.10 bits per heavy atom. The molecule has 2 atom stereocenters. The molecule has 0 fully saturated rings. The highest BCUT2D eigenvalue weighted by molar-refractivity contribution is 8.14. The van der Waals surface area contributed by atoms with Gasteiger partial charge in [0.25, 0.3) is 5.91 Å². The highest BCUT2D eigenvalue weighted by Gasteiger charge is 2.51. The molecule has 0 aliphatic carbocycles. The standard InChI is InChI=1S/C13H21N3O3S/c1-4-6-8(3)13(5-2)10(18)15-12(16-11(13)19)20-7-9(14)17/h8H,4-7H2,1-3H3,(H2,14,17)(H,15,16,18,19). The molecule has 0 saturated heterocycles. The first-order valence-corrected chi connectivity index (χ1v) is 7.72. The van der Waals surface area contributed by atoms with Crippen molar-refractivity contribution in [2.45, 2.75) is 40.0 Å². The lowest BCUT2D eigenvalue weighted by Gasteiger charge is -2.36. The Morgan fingerprint density at radius 3 is 2.55 bits per heavy atom. The zero-order chi connectivity index (χ0) is 15.3. The number of carbonyl (C=O) groups excluding carboxylic acids is 3. The summed E-state index contributed by atoms with van der Waals surface area (Å²) in [6, 6.07) is 0. The van der Waals surface area contributed by atoms with Crippen LogP contribution in [0.1, 0.15) is 40.0 Å². The van der Waals surface area contributed by atoms with E-state index in [4.69, 9.17) is 5.73 Å². The summed E-state index contributed by atoms with van der Waals surface area (Å²) in [7, 11) is 0. The molecule has 0 saturated carbocycles. The topological polar surface area (TPSA) is 102 Å². The zero-order valence-corrected chi connectivity index (χ0v) is 12.9. The molecule has 0 aromatic carbocycles. The molecule has 0 aromatic rings. The van der Waals surface area contributed by atoms with Gasteiger partial charge in [0.1, 0.15) is 5.41 Å². The fourth-order valence-corrected chi connectivity index (χ4v) is 3.10. The fraction of sp³-hybridized carbons (Fsp3) is 0.692. The number of amides is 3. The quantitative estimate of drug-likeness (QED) is 0.716. The number of hydrogen-bond acceptors (Lipinski definition) is 4. The number of rotatable bonds is 6. The molecule has 0 bridgehead atoms. The van der Waals surface area contributed by atoms with Crippen LogP contribution in [0.5, 0.6) is 0 Å². The van der Waals surface area contributed by atoms with Crippen LogP contribution in [0.15, 0.2) is 4.99 Å². The minimum Gasteiger partial charge on any atom is -0.369 e. The number of hydrogen-bond donors (Lipinski definition) is 2. The highest BCUT2D eigenvalue weighted by atomic mass is 32.2. The third-order valence-corrected chi connectivity index (χ3v) is 4.58. The Labute approximate surface area is 123 Å². The van der Waals surface area contributed by atoms with E-state index in [1.165, 1.54) is 0 Å². The average Bonchev–Trinajstić information content (AvgIpc) is 2.37. The van der Waals surface area contributed by atoms with Gasteiger partial charge in [-0.15, -0.1) is 0 Å². The van der Waals surface area contributed by atoms with E-state index in [-0.39, 0.29) is 22.7 Å². The third-order valence-electron chi connectivity index (χ3n) is 3.68. The lowest BCUT2D eigenvalue weighted by Crippen LogP contribution is -2.54. The second kappa shape index (κ2) is 6.88. The molecule has 0 aromatic heterocycles. The molecular weight excluding hydrogens is 278 g/mol. The van der Waals surface area contributed by atoms with Gasteiger partial charge < -0.3 is 11.1 Å². The van der Waals surface area contributed by atoms with Crippen molar-refractivity contribution in [3.63, 3.8) is 0 Å².